The van der Waals surface area contributed by atoms with Crippen molar-refractivity contribution < 1.29 is 0 Å². The van der Waals surface area contributed by atoms with Gasteiger partial charge in [-0.05, 0) is 17.7 Å². The van der Waals surface area contributed by atoms with Gasteiger partial charge < -0.3 is 0 Å². The zero-order chi connectivity index (χ0) is 8.18. The quantitative estimate of drug-likeness (QED) is 0.624. The van der Waals surface area contributed by atoms with E-state index in [1.807, 2.05) is 11.8 Å². The van der Waals surface area contributed by atoms with Gasteiger partial charge in [-0.3, -0.25) is 0 Å². The maximum absolute atomic E-state index is 3.56. The van der Waals surface area contributed by atoms with Gasteiger partial charge in [-0.1, -0.05) is 40.2 Å². The largest absolute Gasteiger partial charge is 0.122 e. The van der Waals surface area contributed by atoms with Crippen LogP contribution in [0.25, 0.3) is 0 Å². The van der Waals surface area contributed by atoms with Gasteiger partial charge in [0.15, 0.2) is 0 Å². The number of rotatable bonds is 0. The highest BCUT2D eigenvalue weighted by Crippen LogP contribution is 2.58. The summed E-state index contributed by atoms with van der Waals surface area (Å²) in [4.78, 5) is 1.60. The molecule has 1 aliphatic heterocycles. The summed E-state index contributed by atoms with van der Waals surface area (Å²) in [6.45, 7) is 0. The smallest absolute Gasteiger partial charge is 0.0401 e. The monoisotopic (exact) mass is 240 g/mol. The molecule has 0 N–H and O–H groups in total. The summed E-state index contributed by atoms with van der Waals surface area (Å²) in [5.41, 5.74) is 0.383. The molecule has 0 nitrogen and oxygen atoms in total. The van der Waals surface area contributed by atoms with Crippen LogP contribution in [-0.2, 0) is 0 Å². The van der Waals surface area contributed by atoms with E-state index in [0.717, 1.165) is 0 Å². The Balaban J connectivity index is 2.11. The van der Waals surface area contributed by atoms with E-state index in [1.165, 1.54) is 17.3 Å². The van der Waals surface area contributed by atoms with E-state index in [-0.39, 0.29) is 0 Å². The van der Waals surface area contributed by atoms with E-state index in [0.29, 0.717) is 10.7 Å². The number of halogens is 1. The SMILES string of the molecule is BrC1=CC23C=C(CC2)SC3C=C1. The second-order valence-corrected chi connectivity index (χ2v) is 5.83. The predicted octanol–water partition coefficient (Wildman–Crippen LogP) is 3.61. The van der Waals surface area contributed by atoms with Crippen molar-refractivity contribution in [2.24, 2.45) is 5.41 Å². The van der Waals surface area contributed by atoms with E-state index >= 15 is 0 Å². The van der Waals surface area contributed by atoms with Crippen molar-refractivity contribution in [2.45, 2.75) is 18.1 Å². The molecule has 3 aliphatic rings. The van der Waals surface area contributed by atoms with Crippen LogP contribution in [-0.4, -0.2) is 5.25 Å². The Morgan fingerprint density at radius 3 is 3.25 bits per heavy atom. The molecule has 12 heavy (non-hydrogen) atoms. The van der Waals surface area contributed by atoms with Gasteiger partial charge in [-0.25, -0.2) is 0 Å². The fourth-order valence-corrected chi connectivity index (χ4v) is 4.32. The Hall–Kier alpha value is 0.0500. The normalized spacial score (nSPS) is 42.6. The summed E-state index contributed by atoms with van der Waals surface area (Å²) in [6.07, 6.45) is 12.0. The molecule has 0 saturated carbocycles. The Morgan fingerprint density at radius 2 is 2.42 bits per heavy atom. The minimum absolute atomic E-state index is 0.383. The molecular formula is C10H9BrS. The maximum atomic E-state index is 3.56. The van der Waals surface area contributed by atoms with Gasteiger partial charge in [0.1, 0.15) is 0 Å². The summed E-state index contributed by atoms with van der Waals surface area (Å²) in [5.74, 6) is 0. The van der Waals surface area contributed by atoms with Crippen molar-refractivity contribution >= 4 is 27.7 Å². The van der Waals surface area contributed by atoms with Crippen LogP contribution in [0.4, 0.5) is 0 Å². The number of hydrogen-bond donors (Lipinski definition) is 0. The van der Waals surface area contributed by atoms with Crippen LogP contribution in [0.1, 0.15) is 12.8 Å². The Labute approximate surface area is 84.9 Å². The van der Waals surface area contributed by atoms with Crippen LogP contribution in [0.5, 0.6) is 0 Å². The summed E-state index contributed by atoms with van der Waals surface area (Å²) < 4.78 is 1.25. The number of thioether (sulfide) groups is 1. The summed E-state index contributed by atoms with van der Waals surface area (Å²) in [6, 6.07) is 0. The lowest BCUT2D eigenvalue weighted by molar-refractivity contribution is 0.492. The van der Waals surface area contributed by atoms with Gasteiger partial charge in [0.2, 0.25) is 0 Å². The fourth-order valence-electron chi connectivity index (χ4n) is 2.27. The molecule has 2 atom stereocenters. The molecule has 0 aromatic rings. The van der Waals surface area contributed by atoms with Gasteiger partial charge in [0, 0.05) is 15.1 Å². The van der Waals surface area contributed by atoms with E-state index < -0.39 is 0 Å². The summed E-state index contributed by atoms with van der Waals surface area (Å²) in [7, 11) is 0. The Morgan fingerprint density at radius 1 is 1.50 bits per heavy atom. The lowest BCUT2D eigenvalue weighted by Gasteiger charge is -2.32. The van der Waals surface area contributed by atoms with Crippen molar-refractivity contribution in [3.8, 4) is 0 Å². The van der Waals surface area contributed by atoms with Gasteiger partial charge in [-0.2, -0.15) is 0 Å². The van der Waals surface area contributed by atoms with Crippen molar-refractivity contribution in [1.29, 1.82) is 0 Å². The first kappa shape index (κ1) is 7.45. The molecule has 2 unspecified atom stereocenters. The van der Waals surface area contributed by atoms with Gasteiger partial charge in [0.05, 0.1) is 0 Å². The van der Waals surface area contributed by atoms with Crippen LogP contribution >= 0.6 is 27.7 Å². The third-order valence-electron chi connectivity index (χ3n) is 2.88. The van der Waals surface area contributed by atoms with Crippen molar-refractivity contribution in [1.82, 2.24) is 0 Å². The number of hydrogen-bond acceptors (Lipinski definition) is 1. The lowest BCUT2D eigenvalue weighted by Crippen LogP contribution is -2.26. The third kappa shape index (κ3) is 0.854. The van der Waals surface area contributed by atoms with Gasteiger partial charge >= 0.3 is 0 Å². The first-order chi connectivity index (χ1) is 5.78. The van der Waals surface area contributed by atoms with Gasteiger partial charge in [-0.15, -0.1) is 11.8 Å². The molecule has 0 radical (unpaired) electrons. The molecule has 0 aromatic carbocycles. The first-order valence-corrected chi connectivity index (χ1v) is 5.91. The molecule has 62 valence electrons. The first-order valence-electron chi connectivity index (χ1n) is 4.23. The molecule has 3 rings (SSSR count). The molecule has 0 aromatic heterocycles. The molecule has 0 amide bonds. The molecule has 0 fully saturated rings. The molecule has 2 heteroatoms. The van der Waals surface area contributed by atoms with Crippen LogP contribution in [0.15, 0.2) is 33.7 Å². The maximum Gasteiger partial charge on any atom is 0.0401 e. The fraction of sp³-hybridized carbons (Fsp3) is 0.400. The standard InChI is InChI=1S/C10H9BrS/c11-7-1-2-9-10(5-7)4-3-8(6-10)12-9/h1-2,5-6,9H,3-4H2. The van der Waals surface area contributed by atoms with E-state index in [2.05, 4.69) is 40.2 Å². The Kier molecular flexibility index (Phi) is 1.43. The average molecular weight is 241 g/mol. The third-order valence-corrected chi connectivity index (χ3v) is 4.85. The van der Waals surface area contributed by atoms with Crippen LogP contribution in [0.3, 0.4) is 0 Å². The molecule has 1 spiro atoms. The molecule has 1 heterocycles. The predicted molar refractivity (Wildman–Crippen MR) is 57.3 cm³/mol. The van der Waals surface area contributed by atoms with Crippen molar-refractivity contribution in [2.75, 3.05) is 0 Å². The molecule has 2 bridgehead atoms. The second-order valence-electron chi connectivity index (χ2n) is 3.65. The van der Waals surface area contributed by atoms with Crippen molar-refractivity contribution in [3.05, 3.63) is 33.7 Å². The minimum atomic E-state index is 0.383. The summed E-state index contributed by atoms with van der Waals surface area (Å²) >= 11 is 5.60. The van der Waals surface area contributed by atoms with Crippen LogP contribution in [0.2, 0.25) is 0 Å². The molecule has 2 aliphatic carbocycles. The zero-order valence-corrected chi connectivity index (χ0v) is 8.99. The Bertz CT molecular complexity index is 327. The summed E-state index contributed by atoms with van der Waals surface area (Å²) in [5, 5.41) is 0.697. The second kappa shape index (κ2) is 2.30. The number of allylic oxidation sites excluding steroid dienone is 5. The lowest BCUT2D eigenvalue weighted by atomic mass is 9.81. The highest BCUT2D eigenvalue weighted by Gasteiger charge is 2.45. The minimum Gasteiger partial charge on any atom is -0.122 e. The highest BCUT2D eigenvalue weighted by atomic mass is 79.9. The van der Waals surface area contributed by atoms with Crippen LogP contribution in [0, 0.1) is 5.41 Å². The van der Waals surface area contributed by atoms with E-state index in [1.54, 1.807) is 4.91 Å². The molecular weight excluding hydrogens is 232 g/mol. The van der Waals surface area contributed by atoms with E-state index in [4.69, 9.17) is 0 Å². The molecule has 0 saturated heterocycles. The topological polar surface area (TPSA) is 0 Å². The van der Waals surface area contributed by atoms with E-state index in [9.17, 15) is 0 Å². The zero-order valence-electron chi connectivity index (χ0n) is 6.59. The van der Waals surface area contributed by atoms with Gasteiger partial charge in [0.25, 0.3) is 0 Å². The van der Waals surface area contributed by atoms with Crippen LogP contribution < -0.4 is 0 Å². The average Bonchev–Trinajstić information content (AvgIpc) is 2.57. The van der Waals surface area contributed by atoms with Crippen molar-refractivity contribution in [3.63, 3.8) is 0 Å². The highest BCUT2D eigenvalue weighted by molar-refractivity contribution is 9.11.